The smallest absolute Gasteiger partial charge is 0.116 e. The predicted octanol–water partition coefficient (Wildman–Crippen LogP) is 7.22. The molecule has 192 valence electrons. The van der Waals surface area contributed by atoms with Gasteiger partial charge in [-0.15, -0.1) is 17.0 Å². The van der Waals surface area contributed by atoms with E-state index in [9.17, 15) is 0 Å². The summed E-state index contributed by atoms with van der Waals surface area (Å²) in [4.78, 5) is 4.18. The Morgan fingerprint density at radius 3 is 1.56 bits per heavy atom. The monoisotopic (exact) mass is 590 g/mol. The Bertz CT molecular complexity index is 1520. The van der Waals surface area contributed by atoms with Gasteiger partial charge in [-0.05, 0) is 59.7 Å². The number of benzene rings is 4. The Balaban J connectivity index is 0.00000308. The molecule has 0 atom stereocenters. The largest absolute Gasteiger partial charge is 0.275 e. The fraction of sp³-hybridized carbons (Fsp3) is 0.0588. The number of aromatic nitrogens is 3. The lowest BCUT2D eigenvalue weighted by atomic mass is 10.0. The van der Waals surface area contributed by atoms with E-state index in [2.05, 4.69) is 126 Å². The highest BCUT2D eigenvalue weighted by Crippen LogP contribution is 2.58. The number of pyridine rings is 1. The van der Waals surface area contributed by atoms with Gasteiger partial charge in [-0.3, -0.25) is 9.67 Å². The van der Waals surface area contributed by atoms with Crippen molar-refractivity contribution in [3.63, 3.8) is 0 Å². The van der Waals surface area contributed by atoms with Crippen LogP contribution in [0.25, 0.3) is 22.4 Å². The van der Waals surface area contributed by atoms with E-state index in [0.29, 0.717) is 0 Å². The zero-order chi connectivity index (χ0) is 25.8. The molecule has 0 N–H and O–H groups in total. The molecule has 0 bridgehead atoms. The Morgan fingerprint density at radius 1 is 0.590 bits per heavy atom. The second-order valence-electron chi connectivity index (χ2n) is 9.47. The van der Waals surface area contributed by atoms with Gasteiger partial charge < -0.3 is 0 Å². The van der Waals surface area contributed by atoms with Crippen molar-refractivity contribution in [2.24, 2.45) is 7.05 Å². The minimum atomic E-state index is -1.94. The van der Waals surface area contributed by atoms with Gasteiger partial charge in [-0.25, -0.2) is 0 Å². The van der Waals surface area contributed by atoms with Crippen molar-refractivity contribution in [1.82, 2.24) is 14.8 Å². The molecule has 39 heavy (non-hydrogen) atoms. The van der Waals surface area contributed by atoms with Gasteiger partial charge in [0, 0.05) is 36.8 Å². The number of aryl methyl sites for hydroxylation is 1. The van der Waals surface area contributed by atoms with Crippen LogP contribution in [-0.2, 0) is 13.2 Å². The summed E-state index contributed by atoms with van der Waals surface area (Å²) in [5, 5.41) is 8.99. The van der Waals surface area contributed by atoms with Gasteiger partial charge in [0.25, 0.3) is 0 Å². The summed E-state index contributed by atoms with van der Waals surface area (Å²) in [6.07, 6.45) is 6.69. The second-order valence-corrected chi connectivity index (χ2v) is 13.0. The van der Waals surface area contributed by atoms with Gasteiger partial charge in [-0.1, -0.05) is 78.9 Å². The summed E-state index contributed by atoms with van der Waals surface area (Å²) in [7, 11) is 0.0310. The quantitative estimate of drug-likeness (QED) is 0.184. The first-order valence-corrected chi connectivity index (χ1v) is 14.8. The number of rotatable bonds is 7. The first-order chi connectivity index (χ1) is 18.7. The van der Waals surface area contributed by atoms with Crippen molar-refractivity contribution in [2.45, 2.75) is 6.16 Å². The molecule has 0 aliphatic heterocycles. The van der Waals surface area contributed by atoms with Crippen LogP contribution in [0.1, 0.15) is 5.56 Å². The standard InChI is InChI=1S/C34H29N3P.BrH/c1-37-25-33(28-21-23-35-24-22-28)34(36-37)29-19-17-27(18-20-29)26-38(30-11-5-2-6-12-30,31-13-7-3-8-14-31)32-15-9-4-10-16-32;/h2-25H,26H2,1H3;1H/q+1;. The van der Waals surface area contributed by atoms with Crippen LogP contribution in [0.5, 0.6) is 0 Å². The van der Waals surface area contributed by atoms with E-state index in [1.807, 2.05) is 36.3 Å². The van der Waals surface area contributed by atoms with E-state index >= 15 is 0 Å². The van der Waals surface area contributed by atoms with Crippen LogP contribution in [-0.4, -0.2) is 14.8 Å². The Hall–Kier alpha value is -3.85. The molecule has 0 aliphatic carbocycles. The lowest BCUT2D eigenvalue weighted by Crippen LogP contribution is -2.32. The SMILES string of the molecule is Br.Cn1cc(-c2ccncc2)c(-c2ccc(C[P+](c3ccccc3)(c3ccccc3)c3ccccc3)cc2)n1. The van der Waals surface area contributed by atoms with Crippen LogP contribution in [0.15, 0.2) is 146 Å². The zero-order valence-electron chi connectivity index (χ0n) is 21.8. The Kier molecular flexibility index (Phi) is 8.16. The molecule has 5 heteroatoms. The minimum Gasteiger partial charge on any atom is -0.275 e. The summed E-state index contributed by atoms with van der Waals surface area (Å²) >= 11 is 0. The number of hydrogen-bond acceptors (Lipinski definition) is 2. The summed E-state index contributed by atoms with van der Waals surface area (Å²) < 4.78 is 1.88. The molecule has 0 spiro atoms. The van der Waals surface area contributed by atoms with Crippen LogP contribution in [0.2, 0.25) is 0 Å². The summed E-state index contributed by atoms with van der Waals surface area (Å²) in [6.45, 7) is 0. The fourth-order valence-corrected chi connectivity index (χ4v) is 9.50. The maximum Gasteiger partial charge on any atom is 0.116 e. The lowest BCUT2D eigenvalue weighted by molar-refractivity contribution is 0.771. The third-order valence-corrected chi connectivity index (χ3v) is 11.4. The number of hydrogen-bond donors (Lipinski definition) is 0. The molecule has 0 aliphatic rings. The van der Waals surface area contributed by atoms with Crippen molar-refractivity contribution in [3.8, 4) is 22.4 Å². The highest BCUT2D eigenvalue weighted by molar-refractivity contribution is 8.93. The molecule has 4 aromatic carbocycles. The Morgan fingerprint density at radius 2 is 1.08 bits per heavy atom. The predicted molar refractivity (Wildman–Crippen MR) is 171 cm³/mol. The minimum absolute atomic E-state index is 0. The van der Waals surface area contributed by atoms with E-state index < -0.39 is 7.26 Å². The maximum atomic E-state index is 4.81. The summed E-state index contributed by atoms with van der Waals surface area (Å²) in [5.74, 6) is 0. The van der Waals surface area contributed by atoms with Crippen LogP contribution in [0.3, 0.4) is 0 Å². The van der Waals surface area contributed by atoms with Crippen molar-refractivity contribution in [3.05, 3.63) is 152 Å². The van der Waals surface area contributed by atoms with Crippen molar-refractivity contribution in [2.75, 3.05) is 0 Å². The van der Waals surface area contributed by atoms with E-state index in [4.69, 9.17) is 5.10 Å². The molecule has 0 saturated heterocycles. The molecule has 2 aromatic heterocycles. The van der Waals surface area contributed by atoms with Gasteiger partial charge in [0.1, 0.15) is 28.9 Å². The average Bonchev–Trinajstić information content (AvgIpc) is 3.39. The molecule has 0 amide bonds. The van der Waals surface area contributed by atoms with Crippen molar-refractivity contribution in [1.29, 1.82) is 0 Å². The van der Waals surface area contributed by atoms with Crippen molar-refractivity contribution < 1.29 is 0 Å². The lowest BCUT2D eigenvalue weighted by Gasteiger charge is -2.28. The van der Waals surface area contributed by atoms with E-state index in [0.717, 1.165) is 28.5 Å². The first kappa shape index (κ1) is 26.7. The highest BCUT2D eigenvalue weighted by atomic mass is 79.9. The van der Waals surface area contributed by atoms with Crippen LogP contribution in [0.4, 0.5) is 0 Å². The van der Waals surface area contributed by atoms with Gasteiger partial charge in [-0.2, -0.15) is 5.10 Å². The Labute approximate surface area is 241 Å². The third kappa shape index (κ3) is 5.36. The normalized spacial score (nSPS) is 11.1. The van der Waals surface area contributed by atoms with E-state index in [1.165, 1.54) is 21.5 Å². The van der Waals surface area contributed by atoms with Crippen LogP contribution < -0.4 is 15.9 Å². The molecule has 2 heterocycles. The highest BCUT2D eigenvalue weighted by Gasteiger charge is 2.45. The van der Waals surface area contributed by atoms with E-state index in [-0.39, 0.29) is 17.0 Å². The van der Waals surface area contributed by atoms with Crippen LogP contribution >= 0.6 is 24.2 Å². The van der Waals surface area contributed by atoms with Gasteiger partial charge in [0.15, 0.2) is 0 Å². The van der Waals surface area contributed by atoms with Crippen LogP contribution in [0, 0.1) is 0 Å². The molecule has 0 radical (unpaired) electrons. The number of halogens is 1. The van der Waals surface area contributed by atoms with Gasteiger partial charge in [0.2, 0.25) is 0 Å². The van der Waals surface area contributed by atoms with Gasteiger partial charge in [0.05, 0.1) is 6.16 Å². The second kappa shape index (κ2) is 11.9. The molecule has 3 nitrogen and oxygen atoms in total. The molecule has 0 saturated carbocycles. The summed E-state index contributed by atoms with van der Waals surface area (Å²) in [6, 6.07) is 46.2. The molecule has 6 rings (SSSR count). The maximum absolute atomic E-state index is 4.81. The average molecular weight is 592 g/mol. The third-order valence-electron chi connectivity index (χ3n) is 7.06. The van der Waals surface area contributed by atoms with E-state index in [1.54, 1.807) is 0 Å². The fourth-order valence-electron chi connectivity index (χ4n) is 5.25. The van der Waals surface area contributed by atoms with Gasteiger partial charge >= 0.3 is 0 Å². The summed E-state index contributed by atoms with van der Waals surface area (Å²) in [5.41, 5.74) is 5.65. The topological polar surface area (TPSA) is 30.7 Å². The molecule has 6 aromatic rings. The molecular weight excluding hydrogens is 561 g/mol. The molecule has 0 unspecified atom stereocenters. The zero-order valence-corrected chi connectivity index (χ0v) is 24.4. The van der Waals surface area contributed by atoms with Crippen molar-refractivity contribution >= 4 is 40.2 Å². The number of nitrogens with zero attached hydrogens (tertiary/aromatic N) is 3. The first-order valence-electron chi connectivity index (χ1n) is 12.8. The molecular formula is C34H30BrN3P+. The molecule has 0 fully saturated rings.